The number of hydrogen-bond donors (Lipinski definition) is 1. The molecule has 2 aromatic carbocycles. The van der Waals surface area contributed by atoms with E-state index >= 15 is 0 Å². The second-order valence-corrected chi connectivity index (χ2v) is 5.02. The van der Waals surface area contributed by atoms with Crippen LogP contribution in [0.2, 0.25) is 10.0 Å². The van der Waals surface area contributed by atoms with Gasteiger partial charge < -0.3 is 5.11 Å². The first-order valence-electron chi connectivity index (χ1n) is 4.52. The van der Waals surface area contributed by atoms with Gasteiger partial charge in [0.05, 0.1) is 10.0 Å². The fraction of sp³-hybridized carbons (Fsp3) is 0. The fourth-order valence-corrected chi connectivity index (χ4v) is 2.08. The number of phenols is 1. The van der Waals surface area contributed by atoms with Gasteiger partial charge in [-0.05, 0) is 23.8 Å². The lowest BCUT2D eigenvalue weighted by Gasteiger charge is -2.06. The van der Waals surface area contributed by atoms with E-state index in [1.807, 2.05) is 24.3 Å². The summed E-state index contributed by atoms with van der Waals surface area (Å²) in [5, 5.41) is 10.2. The maximum absolute atomic E-state index is 9.39. The van der Waals surface area contributed by atoms with Crippen LogP contribution in [0.3, 0.4) is 0 Å². The van der Waals surface area contributed by atoms with Gasteiger partial charge in [0.15, 0.2) is 0 Å². The molecule has 0 fully saturated rings. The molecule has 0 spiro atoms. The smallest absolute Gasteiger partial charge is 0.135 e. The van der Waals surface area contributed by atoms with E-state index in [4.69, 9.17) is 23.2 Å². The van der Waals surface area contributed by atoms with Crippen molar-refractivity contribution in [3.8, 4) is 16.9 Å². The fourth-order valence-electron chi connectivity index (χ4n) is 1.39. The molecule has 1 N–H and O–H groups in total. The van der Waals surface area contributed by atoms with Crippen LogP contribution in [0, 0.1) is 0 Å². The van der Waals surface area contributed by atoms with E-state index in [1.165, 1.54) is 6.07 Å². The highest BCUT2D eigenvalue weighted by Crippen LogP contribution is 2.36. The first-order valence-corrected chi connectivity index (χ1v) is 6.07. The van der Waals surface area contributed by atoms with Crippen LogP contribution >= 0.6 is 39.1 Å². The number of rotatable bonds is 1. The van der Waals surface area contributed by atoms with Gasteiger partial charge in [0.1, 0.15) is 5.75 Å². The van der Waals surface area contributed by atoms with Crippen molar-refractivity contribution in [2.75, 3.05) is 0 Å². The number of benzene rings is 2. The molecule has 82 valence electrons. The average Bonchev–Trinajstić information content (AvgIpc) is 2.25. The Labute approximate surface area is 112 Å². The molecule has 0 radical (unpaired) electrons. The van der Waals surface area contributed by atoms with Crippen LogP contribution < -0.4 is 0 Å². The Morgan fingerprint density at radius 1 is 0.938 bits per heavy atom. The summed E-state index contributed by atoms with van der Waals surface area (Å²) < 4.78 is 0.997. The Morgan fingerprint density at radius 3 is 2.19 bits per heavy atom. The van der Waals surface area contributed by atoms with E-state index in [2.05, 4.69) is 15.9 Å². The van der Waals surface area contributed by atoms with Crippen LogP contribution in [0.15, 0.2) is 40.9 Å². The third-order valence-corrected chi connectivity index (χ3v) is 3.34. The molecule has 0 aliphatic rings. The van der Waals surface area contributed by atoms with Gasteiger partial charge in [-0.1, -0.05) is 51.3 Å². The molecule has 0 saturated carbocycles. The molecule has 1 nitrogen and oxygen atoms in total. The minimum Gasteiger partial charge on any atom is -0.506 e. The largest absolute Gasteiger partial charge is 0.506 e. The van der Waals surface area contributed by atoms with Crippen LogP contribution in [0.4, 0.5) is 0 Å². The zero-order valence-corrected chi connectivity index (χ0v) is 11.1. The van der Waals surface area contributed by atoms with Gasteiger partial charge >= 0.3 is 0 Å². The number of aromatic hydroxyl groups is 1. The van der Waals surface area contributed by atoms with E-state index in [0.717, 1.165) is 15.6 Å². The summed E-state index contributed by atoms with van der Waals surface area (Å²) in [6, 6.07) is 10.8. The molecule has 16 heavy (non-hydrogen) atoms. The lowest BCUT2D eigenvalue weighted by molar-refractivity contribution is 0.475. The molecule has 0 aromatic heterocycles. The maximum atomic E-state index is 9.39. The zero-order valence-electron chi connectivity index (χ0n) is 8.05. The van der Waals surface area contributed by atoms with Gasteiger partial charge in [-0.2, -0.15) is 0 Å². The molecule has 0 amide bonds. The average molecular weight is 318 g/mol. The quantitative estimate of drug-likeness (QED) is 0.773. The SMILES string of the molecule is Oc1cc(Cl)c(-c2ccc(Br)cc2)cc1Cl. The second-order valence-electron chi connectivity index (χ2n) is 3.29. The summed E-state index contributed by atoms with van der Waals surface area (Å²) in [6.07, 6.45) is 0. The summed E-state index contributed by atoms with van der Waals surface area (Å²) in [5.41, 5.74) is 1.76. The molecule has 0 heterocycles. The summed E-state index contributed by atoms with van der Waals surface area (Å²) in [6.45, 7) is 0. The van der Waals surface area contributed by atoms with E-state index in [9.17, 15) is 5.11 Å². The van der Waals surface area contributed by atoms with Gasteiger partial charge in [-0.3, -0.25) is 0 Å². The first kappa shape index (κ1) is 11.8. The van der Waals surface area contributed by atoms with Crippen LogP contribution in [0.25, 0.3) is 11.1 Å². The summed E-state index contributed by atoms with van der Waals surface area (Å²) in [7, 11) is 0. The lowest BCUT2D eigenvalue weighted by Crippen LogP contribution is -1.80. The molecule has 4 heteroatoms. The summed E-state index contributed by atoms with van der Waals surface area (Å²) in [4.78, 5) is 0. The minimum absolute atomic E-state index is 0.00692. The topological polar surface area (TPSA) is 20.2 Å². The van der Waals surface area contributed by atoms with Crippen molar-refractivity contribution in [3.63, 3.8) is 0 Å². The Morgan fingerprint density at radius 2 is 1.56 bits per heavy atom. The standard InChI is InChI=1S/C12H7BrCl2O/c13-8-3-1-7(2-4-8)9-5-11(15)12(16)6-10(9)14/h1-6,16H. The third kappa shape index (κ3) is 2.34. The van der Waals surface area contributed by atoms with Crippen molar-refractivity contribution < 1.29 is 5.11 Å². The summed E-state index contributed by atoms with van der Waals surface area (Å²) in [5.74, 6) is -0.00692. The highest BCUT2D eigenvalue weighted by Gasteiger charge is 2.08. The molecular formula is C12H7BrCl2O. The van der Waals surface area contributed by atoms with Crippen LogP contribution in [0.5, 0.6) is 5.75 Å². The molecule has 0 aliphatic heterocycles. The summed E-state index contributed by atoms with van der Waals surface area (Å²) >= 11 is 15.3. The van der Waals surface area contributed by atoms with Crippen LogP contribution in [-0.2, 0) is 0 Å². The Hall–Kier alpha value is -0.700. The Kier molecular flexibility index (Phi) is 3.43. The van der Waals surface area contributed by atoms with E-state index in [0.29, 0.717) is 10.0 Å². The highest BCUT2D eigenvalue weighted by atomic mass is 79.9. The van der Waals surface area contributed by atoms with Gasteiger partial charge in [0.25, 0.3) is 0 Å². The molecule has 2 rings (SSSR count). The van der Waals surface area contributed by atoms with E-state index in [1.54, 1.807) is 6.07 Å². The van der Waals surface area contributed by atoms with Crippen LogP contribution in [0.1, 0.15) is 0 Å². The highest BCUT2D eigenvalue weighted by molar-refractivity contribution is 9.10. The predicted molar refractivity (Wildman–Crippen MR) is 71.3 cm³/mol. The molecule has 2 aromatic rings. The number of halogens is 3. The van der Waals surface area contributed by atoms with E-state index < -0.39 is 0 Å². The second kappa shape index (κ2) is 4.66. The Balaban J connectivity index is 2.56. The van der Waals surface area contributed by atoms with Crippen molar-refractivity contribution >= 4 is 39.1 Å². The minimum atomic E-state index is -0.00692. The van der Waals surface area contributed by atoms with Gasteiger partial charge in [-0.15, -0.1) is 0 Å². The van der Waals surface area contributed by atoms with Crippen molar-refractivity contribution in [3.05, 3.63) is 50.9 Å². The van der Waals surface area contributed by atoms with Gasteiger partial charge in [0, 0.05) is 16.1 Å². The predicted octanol–water partition coefficient (Wildman–Crippen LogP) is 5.13. The normalized spacial score (nSPS) is 10.4. The van der Waals surface area contributed by atoms with Crippen molar-refractivity contribution in [1.82, 2.24) is 0 Å². The molecule has 0 unspecified atom stereocenters. The van der Waals surface area contributed by atoms with Crippen LogP contribution in [-0.4, -0.2) is 5.11 Å². The van der Waals surface area contributed by atoms with Crippen molar-refractivity contribution in [2.24, 2.45) is 0 Å². The monoisotopic (exact) mass is 316 g/mol. The molecule has 0 atom stereocenters. The van der Waals surface area contributed by atoms with Crippen molar-refractivity contribution in [2.45, 2.75) is 0 Å². The number of phenolic OH excluding ortho intramolecular Hbond substituents is 1. The molecule has 0 aliphatic carbocycles. The van der Waals surface area contributed by atoms with Gasteiger partial charge in [-0.25, -0.2) is 0 Å². The van der Waals surface area contributed by atoms with Gasteiger partial charge in [0.2, 0.25) is 0 Å². The van der Waals surface area contributed by atoms with E-state index in [-0.39, 0.29) is 5.75 Å². The molecular weight excluding hydrogens is 311 g/mol. The third-order valence-electron chi connectivity index (χ3n) is 2.19. The molecule has 0 saturated heterocycles. The zero-order chi connectivity index (χ0) is 11.7. The van der Waals surface area contributed by atoms with Crippen molar-refractivity contribution in [1.29, 1.82) is 0 Å². The maximum Gasteiger partial charge on any atom is 0.135 e. The molecule has 0 bridgehead atoms. The lowest BCUT2D eigenvalue weighted by atomic mass is 10.1. The first-order chi connectivity index (χ1) is 7.58. The number of hydrogen-bond acceptors (Lipinski definition) is 1. The Bertz CT molecular complexity index is 523.